The summed E-state index contributed by atoms with van der Waals surface area (Å²) in [5.41, 5.74) is -3.05. The second-order valence-corrected chi connectivity index (χ2v) is 13.4. The van der Waals surface area contributed by atoms with E-state index in [0.29, 0.717) is 18.4 Å². The summed E-state index contributed by atoms with van der Waals surface area (Å²) in [7, 11) is 0. The number of unbranched alkanes of at least 4 members (excludes halogenated alkanes) is 2. The molecule has 7 nitrogen and oxygen atoms in total. The van der Waals surface area contributed by atoms with Crippen molar-refractivity contribution >= 4 is 23.1 Å². The van der Waals surface area contributed by atoms with Crippen LogP contribution in [-0.2, 0) is 27.2 Å². The average molecular weight is 553 g/mol. The molecule has 1 unspecified atom stereocenters. The maximum Gasteiger partial charge on any atom is 0.203 e. The fourth-order valence-corrected chi connectivity index (χ4v) is 8.14. The highest BCUT2D eigenvalue weighted by Gasteiger charge is 2.72. The molecule has 0 spiro atoms. The first-order chi connectivity index (χ1) is 18.5. The van der Waals surface area contributed by atoms with Crippen molar-refractivity contribution in [2.75, 3.05) is 0 Å². The lowest BCUT2D eigenvalue weighted by Gasteiger charge is -2.60. The average Bonchev–Trinajstić information content (AvgIpc) is 2.82. The third-order valence-electron chi connectivity index (χ3n) is 9.79. The van der Waals surface area contributed by atoms with E-state index in [2.05, 4.69) is 6.92 Å². The molecule has 4 rings (SSSR count). The van der Waals surface area contributed by atoms with Crippen LogP contribution in [0.3, 0.4) is 0 Å². The molecule has 0 radical (unpaired) electrons. The van der Waals surface area contributed by atoms with E-state index >= 15 is 0 Å². The van der Waals surface area contributed by atoms with Crippen LogP contribution in [0.25, 0.3) is 5.76 Å². The van der Waals surface area contributed by atoms with E-state index < -0.39 is 56.8 Å². The first-order valence-electron chi connectivity index (χ1n) is 14.6. The van der Waals surface area contributed by atoms with Crippen LogP contribution in [0.5, 0.6) is 5.75 Å². The van der Waals surface area contributed by atoms with Gasteiger partial charge in [-0.15, -0.1) is 0 Å². The lowest BCUT2D eigenvalue weighted by molar-refractivity contribution is -0.178. The summed E-state index contributed by atoms with van der Waals surface area (Å²) in [6.07, 6.45) is 3.89. The lowest BCUT2D eigenvalue weighted by Crippen LogP contribution is -2.69. The van der Waals surface area contributed by atoms with Crippen LogP contribution < -0.4 is 0 Å². The van der Waals surface area contributed by atoms with Gasteiger partial charge in [-0.25, -0.2) is 0 Å². The fraction of sp³-hybridized carbons (Fsp3) is 0.606. The minimum atomic E-state index is -2.59. The minimum Gasteiger partial charge on any atom is -0.508 e. The Morgan fingerprint density at radius 3 is 2.23 bits per heavy atom. The normalized spacial score (nSPS) is 30.1. The predicted octanol–water partition coefficient (Wildman–Crippen LogP) is 6.05. The Morgan fingerprint density at radius 1 is 1.07 bits per heavy atom. The molecule has 7 heteroatoms. The van der Waals surface area contributed by atoms with Gasteiger partial charge in [0.1, 0.15) is 22.8 Å². The van der Waals surface area contributed by atoms with E-state index in [4.69, 9.17) is 0 Å². The van der Waals surface area contributed by atoms with Gasteiger partial charge in [0.05, 0.1) is 5.56 Å². The van der Waals surface area contributed by atoms with Gasteiger partial charge in [-0.3, -0.25) is 14.4 Å². The first-order valence-corrected chi connectivity index (χ1v) is 14.6. The number of phenols is 1. The van der Waals surface area contributed by atoms with Gasteiger partial charge in [-0.05, 0) is 61.1 Å². The Morgan fingerprint density at radius 2 is 1.70 bits per heavy atom. The third-order valence-corrected chi connectivity index (χ3v) is 9.79. The van der Waals surface area contributed by atoms with Crippen molar-refractivity contribution in [3.05, 3.63) is 45.2 Å². The zero-order valence-electron chi connectivity index (χ0n) is 25.1. The largest absolute Gasteiger partial charge is 0.508 e. The molecule has 1 fully saturated rings. The number of aliphatic hydroxyl groups is 3. The number of aromatic hydroxyl groups is 1. The summed E-state index contributed by atoms with van der Waals surface area (Å²) in [5, 5.41) is 46.7. The Hall–Kier alpha value is -2.93. The van der Waals surface area contributed by atoms with Crippen molar-refractivity contribution in [3.63, 3.8) is 0 Å². The van der Waals surface area contributed by atoms with Crippen LogP contribution >= 0.6 is 0 Å². The Kier molecular flexibility index (Phi) is 7.41. The Labute approximate surface area is 237 Å². The van der Waals surface area contributed by atoms with E-state index in [1.807, 2.05) is 26.8 Å². The molecule has 4 N–H and O–H groups in total. The van der Waals surface area contributed by atoms with Gasteiger partial charge in [-0.2, -0.15) is 0 Å². The summed E-state index contributed by atoms with van der Waals surface area (Å²) >= 11 is 0. The first kappa shape index (κ1) is 30.0. The molecule has 1 aromatic rings. The molecular weight excluding hydrogens is 508 g/mol. The van der Waals surface area contributed by atoms with Gasteiger partial charge in [0.15, 0.2) is 17.2 Å². The number of hydrogen-bond donors (Lipinski definition) is 4. The van der Waals surface area contributed by atoms with E-state index in [-0.39, 0.29) is 35.1 Å². The van der Waals surface area contributed by atoms with Crippen molar-refractivity contribution in [2.24, 2.45) is 22.7 Å². The van der Waals surface area contributed by atoms with Crippen molar-refractivity contribution < 1.29 is 34.8 Å². The van der Waals surface area contributed by atoms with Crippen LogP contribution in [0.4, 0.5) is 0 Å². The molecule has 0 aliphatic heterocycles. The van der Waals surface area contributed by atoms with Gasteiger partial charge in [0.25, 0.3) is 0 Å². The highest BCUT2D eigenvalue weighted by atomic mass is 16.3. The van der Waals surface area contributed by atoms with Crippen molar-refractivity contribution in [3.8, 4) is 5.75 Å². The number of Topliss-reactive ketones (excluding diaryl/α,β-unsaturated/α-hetero) is 3. The van der Waals surface area contributed by atoms with Crippen LogP contribution in [0.2, 0.25) is 0 Å². The number of aliphatic hydroxyl groups excluding tert-OH is 2. The third kappa shape index (κ3) is 3.91. The summed E-state index contributed by atoms with van der Waals surface area (Å²) in [5.74, 6) is -4.84. The van der Waals surface area contributed by atoms with Gasteiger partial charge in [0.2, 0.25) is 5.78 Å². The standard InChI is InChI=1S/C33H44O7/c1-9-10-11-12-19-13-20(16(2)3)21-14-31(7)15-32(8)24(17(4)5)27(36)22(18(6)34)29(38)33(32,40)30(39)25(31)28(37)23(21)26(19)35/h13,16-17,24,35,37-38,40H,9-12,14-15H2,1-8H3/t24?,31-,32-,33+/m1/s1. The van der Waals surface area contributed by atoms with E-state index in [9.17, 15) is 34.8 Å². The van der Waals surface area contributed by atoms with Crippen molar-refractivity contribution in [1.29, 1.82) is 0 Å². The van der Waals surface area contributed by atoms with Gasteiger partial charge in [0, 0.05) is 22.3 Å². The SMILES string of the molecule is CCCCCc1cc(C(C)C)c2c(c1O)C(O)=C1C(=O)[C@@]3(O)C(O)=C(C(C)=O)C(=O)C(C(C)C)[C@@]3(C)C[C@@]1(C)C2. The molecule has 3 aliphatic rings. The number of rotatable bonds is 7. The molecule has 1 saturated carbocycles. The molecule has 0 amide bonds. The molecular formula is C33H44O7. The van der Waals surface area contributed by atoms with Crippen molar-refractivity contribution in [1.82, 2.24) is 0 Å². The van der Waals surface area contributed by atoms with E-state index in [1.165, 1.54) is 0 Å². The molecule has 40 heavy (non-hydrogen) atoms. The van der Waals surface area contributed by atoms with Crippen molar-refractivity contribution in [2.45, 2.75) is 105 Å². The number of phenolic OH excluding ortho intramolecular Hbond substituents is 1. The Bertz CT molecular complexity index is 1360. The second-order valence-electron chi connectivity index (χ2n) is 13.4. The number of ketones is 3. The molecule has 3 aliphatic carbocycles. The number of carbonyl (C=O) groups is 3. The Balaban J connectivity index is 2.05. The van der Waals surface area contributed by atoms with Gasteiger partial charge in [-0.1, -0.05) is 67.4 Å². The van der Waals surface area contributed by atoms with Gasteiger partial charge < -0.3 is 20.4 Å². The smallest absolute Gasteiger partial charge is 0.203 e. The number of carbonyl (C=O) groups excluding carboxylic acids is 3. The number of allylic oxidation sites excluding steroid dienone is 1. The topological polar surface area (TPSA) is 132 Å². The monoisotopic (exact) mass is 552 g/mol. The molecule has 4 atom stereocenters. The molecule has 0 bridgehead atoms. The summed E-state index contributed by atoms with van der Waals surface area (Å²) < 4.78 is 0. The quantitative estimate of drug-likeness (QED) is 0.239. The number of hydrogen-bond acceptors (Lipinski definition) is 7. The minimum absolute atomic E-state index is 0.0706. The highest BCUT2D eigenvalue weighted by molar-refractivity contribution is 6.24. The molecule has 1 aromatic carbocycles. The zero-order chi connectivity index (χ0) is 30.1. The lowest BCUT2D eigenvalue weighted by atomic mass is 9.43. The molecule has 0 heterocycles. The molecule has 218 valence electrons. The number of benzene rings is 1. The fourth-order valence-electron chi connectivity index (χ4n) is 8.14. The van der Waals surface area contributed by atoms with Crippen LogP contribution in [-0.4, -0.2) is 43.4 Å². The van der Waals surface area contributed by atoms with E-state index in [1.54, 1.807) is 20.8 Å². The molecule has 0 aromatic heterocycles. The molecule has 0 saturated heterocycles. The summed E-state index contributed by atoms with van der Waals surface area (Å²) in [6.45, 7) is 14.4. The summed E-state index contributed by atoms with van der Waals surface area (Å²) in [4.78, 5) is 40.6. The van der Waals surface area contributed by atoms with Crippen LogP contribution in [0.15, 0.2) is 23.0 Å². The zero-order valence-corrected chi connectivity index (χ0v) is 25.1. The summed E-state index contributed by atoms with van der Waals surface area (Å²) in [6, 6.07) is 2.01. The number of aryl methyl sites for hydroxylation is 1. The highest BCUT2D eigenvalue weighted by Crippen LogP contribution is 2.65. The maximum absolute atomic E-state index is 14.5. The number of fused-ring (bicyclic) bond motifs is 3. The second kappa shape index (κ2) is 9.86. The van der Waals surface area contributed by atoms with Gasteiger partial charge >= 0.3 is 0 Å². The maximum atomic E-state index is 14.5. The predicted molar refractivity (Wildman–Crippen MR) is 153 cm³/mol. The van der Waals surface area contributed by atoms with Crippen LogP contribution in [0, 0.1) is 22.7 Å². The van der Waals surface area contributed by atoms with Crippen LogP contribution in [0.1, 0.15) is 109 Å². The van der Waals surface area contributed by atoms with E-state index in [0.717, 1.165) is 37.3 Å².